The molecule has 1 heterocycles. The Morgan fingerprint density at radius 1 is 1.47 bits per heavy atom. The van der Waals surface area contributed by atoms with Crippen LogP contribution < -0.4 is 0 Å². The van der Waals surface area contributed by atoms with Gasteiger partial charge in [0.1, 0.15) is 5.52 Å². The molecule has 0 saturated heterocycles. The standard InChI is InChI=1S/C14H17N3O2/c1-14(2)7-10(8-14)17-13-9(6-12(18)19)4-3-5-11(13)15-16-17/h3-5,10H,6-8H2,1-2H3,(H,18,19). The Kier molecular flexibility index (Phi) is 2.59. The van der Waals surface area contributed by atoms with Gasteiger partial charge in [0, 0.05) is 0 Å². The number of fused-ring (bicyclic) bond motifs is 1. The maximum Gasteiger partial charge on any atom is 0.307 e. The first-order chi connectivity index (χ1) is 8.96. The smallest absolute Gasteiger partial charge is 0.307 e. The minimum absolute atomic E-state index is 0.0147. The van der Waals surface area contributed by atoms with E-state index < -0.39 is 5.97 Å². The summed E-state index contributed by atoms with van der Waals surface area (Å²) in [6, 6.07) is 5.91. The van der Waals surface area contributed by atoms with Gasteiger partial charge in [0.25, 0.3) is 0 Å². The molecule has 0 bridgehead atoms. The molecule has 0 amide bonds. The normalized spacial score (nSPS) is 18.4. The maximum atomic E-state index is 11.0. The minimum Gasteiger partial charge on any atom is -0.481 e. The quantitative estimate of drug-likeness (QED) is 0.919. The van der Waals surface area contributed by atoms with Crippen LogP contribution in [0.15, 0.2) is 18.2 Å². The van der Waals surface area contributed by atoms with Gasteiger partial charge in [0.05, 0.1) is 18.0 Å². The van der Waals surface area contributed by atoms with E-state index in [-0.39, 0.29) is 6.42 Å². The second kappa shape index (κ2) is 4.05. The van der Waals surface area contributed by atoms with E-state index in [1.165, 1.54) is 0 Å². The highest BCUT2D eigenvalue weighted by Crippen LogP contribution is 2.48. The molecule has 0 aliphatic heterocycles. The molecule has 1 fully saturated rings. The van der Waals surface area contributed by atoms with Crippen molar-refractivity contribution in [2.24, 2.45) is 5.41 Å². The molecule has 1 aromatic carbocycles. The van der Waals surface area contributed by atoms with Crippen molar-refractivity contribution in [1.82, 2.24) is 15.0 Å². The molecule has 1 saturated carbocycles. The largest absolute Gasteiger partial charge is 0.481 e. The Hall–Kier alpha value is -1.91. The van der Waals surface area contributed by atoms with Crippen molar-refractivity contribution in [3.05, 3.63) is 23.8 Å². The summed E-state index contributed by atoms with van der Waals surface area (Å²) in [7, 11) is 0. The van der Waals surface area contributed by atoms with E-state index in [1.54, 1.807) is 0 Å². The number of carboxylic acid groups (broad SMARTS) is 1. The molecule has 1 aliphatic rings. The highest BCUT2D eigenvalue weighted by atomic mass is 16.4. The lowest BCUT2D eigenvalue weighted by Crippen LogP contribution is -2.34. The summed E-state index contributed by atoms with van der Waals surface area (Å²) < 4.78 is 1.92. The highest BCUT2D eigenvalue weighted by molar-refractivity contribution is 5.83. The van der Waals surface area contributed by atoms with E-state index in [4.69, 9.17) is 5.11 Å². The lowest BCUT2D eigenvalue weighted by Gasteiger charge is -2.42. The average molecular weight is 259 g/mol. The van der Waals surface area contributed by atoms with Crippen LogP contribution in [0, 0.1) is 5.41 Å². The fourth-order valence-corrected chi connectivity index (χ4v) is 3.01. The first-order valence-electron chi connectivity index (χ1n) is 6.51. The Labute approximate surface area is 111 Å². The predicted octanol–water partition coefficient (Wildman–Crippen LogP) is 2.42. The van der Waals surface area contributed by atoms with E-state index >= 15 is 0 Å². The van der Waals surface area contributed by atoms with Crippen molar-refractivity contribution in [3.63, 3.8) is 0 Å². The second-order valence-electron chi connectivity index (χ2n) is 6.12. The van der Waals surface area contributed by atoms with Crippen molar-refractivity contribution in [2.45, 2.75) is 39.2 Å². The first kappa shape index (κ1) is 12.1. The number of aliphatic carboxylic acids is 1. The van der Waals surface area contributed by atoms with Gasteiger partial charge in [-0.1, -0.05) is 31.2 Å². The SMILES string of the molecule is CC1(C)CC(n2nnc3cccc(CC(=O)O)c32)C1. The van der Waals surface area contributed by atoms with E-state index in [0.717, 1.165) is 29.4 Å². The number of rotatable bonds is 3. The monoisotopic (exact) mass is 259 g/mol. The fourth-order valence-electron chi connectivity index (χ4n) is 3.01. The number of benzene rings is 1. The topological polar surface area (TPSA) is 68.0 Å². The van der Waals surface area contributed by atoms with Crippen LogP contribution in [0.1, 0.15) is 38.3 Å². The number of carboxylic acids is 1. The molecule has 2 aromatic rings. The number of para-hydroxylation sites is 1. The third-order valence-electron chi connectivity index (χ3n) is 3.84. The van der Waals surface area contributed by atoms with Crippen LogP contribution in [0.3, 0.4) is 0 Å². The molecule has 1 aliphatic carbocycles. The summed E-state index contributed by atoms with van der Waals surface area (Å²) in [6.45, 7) is 4.47. The fraction of sp³-hybridized carbons (Fsp3) is 0.500. The molecule has 5 heteroatoms. The van der Waals surface area contributed by atoms with Gasteiger partial charge in [0.15, 0.2) is 0 Å². The lowest BCUT2D eigenvalue weighted by molar-refractivity contribution is -0.136. The number of nitrogens with zero attached hydrogens (tertiary/aromatic N) is 3. The Balaban J connectivity index is 2.03. The third-order valence-corrected chi connectivity index (χ3v) is 3.84. The molecule has 100 valence electrons. The number of hydrogen-bond acceptors (Lipinski definition) is 3. The first-order valence-corrected chi connectivity index (χ1v) is 6.51. The number of aromatic nitrogens is 3. The predicted molar refractivity (Wildman–Crippen MR) is 70.9 cm³/mol. The molecule has 3 rings (SSSR count). The molecule has 0 spiro atoms. The summed E-state index contributed by atoms with van der Waals surface area (Å²) in [5.74, 6) is -0.825. The van der Waals surface area contributed by atoms with Crippen molar-refractivity contribution in [2.75, 3.05) is 0 Å². The molecule has 1 N–H and O–H groups in total. The Bertz CT molecular complexity index is 637. The van der Waals surface area contributed by atoms with Gasteiger partial charge >= 0.3 is 5.97 Å². The van der Waals surface area contributed by atoms with E-state index in [2.05, 4.69) is 24.2 Å². The Morgan fingerprint density at radius 2 is 2.21 bits per heavy atom. The van der Waals surface area contributed by atoms with Crippen molar-refractivity contribution >= 4 is 17.0 Å². The molecule has 5 nitrogen and oxygen atoms in total. The summed E-state index contributed by atoms with van der Waals surface area (Å²) in [4.78, 5) is 11.0. The zero-order valence-electron chi connectivity index (χ0n) is 11.1. The van der Waals surface area contributed by atoms with Gasteiger partial charge in [0.2, 0.25) is 0 Å². The van der Waals surface area contributed by atoms with Crippen molar-refractivity contribution < 1.29 is 9.90 Å². The van der Waals surface area contributed by atoms with E-state index in [1.807, 2.05) is 22.9 Å². The zero-order valence-corrected chi connectivity index (χ0v) is 11.1. The van der Waals surface area contributed by atoms with Crippen LogP contribution in [0.25, 0.3) is 11.0 Å². The van der Waals surface area contributed by atoms with Gasteiger partial charge in [-0.2, -0.15) is 0 Å². The van der Waals surface area contributed by atoms with Gasteiger partial charge in [-0.25, -0.2) is 4.68 Å². The average Bonchev–Trinajstić information content (AvgIpc) is 2.69. The molecule has 1 aromatic heterocycles. The van der Waals surface area contributed by atoms with Crippen LogP contribution in [-0.4, -0.2) is 26.1 Å². The maximum absolute atomic E-state index is 11.0. The van der Waals surface area contributed by atoms with Crippen LogP contribution in [0.5, 0.6) is 0 Å². The molecule has 0 radical (unpaired) electrons. The second-order valence-corrected chi connectivity index (χ2v) is 6.12. The van der Waals surface area contributed by atoms with Gasteiger partial charge in [-0.05, 0) is 29.9 Å². The number of hydrogen-bond donors (Lipinski definition) is 1. The van der Waals surface area contributed by atoms with E-state index in [0.29, 0.717) is 11.5 Å². The number of carbonyl (C=O) groups is 1. The minimum atomic E-state index is -0.825. The van der Waals surface area contributed by atoms with Crippen LogP contribution >= 0.6 is 0 Å². The molecule has 0 atom stereocenters. The van der Waals surface area contributed by atoms with Crippen LogP contribution in [-0.2, 0) is 11.2 Å². The van der Waals surface area contributed by atoms with Gasteiger partial charge < -0.3 is 5.11 Å². The van der Waals surface area contributed by atoms with Gasteiger partial charge in [-0.15, -0.1) is 5.10 Å². The zero-order chi connectivity index (χ0) is 13.6. The van der Waals surface area contributed by atoms with Crippen LogP contribution in [0.2, 0.25) is 0 Å². The van der Waals surface area contributed by atoms with Crippen molar-refractivity contribution in [1.29, 1.82) is 0 Å². The third kappa shape index (κ3) is 2.09. The molecule has 19 heavy (non-hydrogen) atoms. The lowest BCUT2D eigenvalue weighted by atomic mass is 9.68. The van der Waals surface area contributed by atoms with E-state index in [9.17, 15) is 4.79 Å². The molecular formula is C14H17N3O2. The summed E-state index contributed by atoms with van der Waals surface area (Å²) in [6.07, 6.45) is 2.14. The van der Waals surface area contributed by atoms with Crippen molar-refractivity contribution in [3.8, 4) is 0 Å². The highest BCUT2D eigenvalue weighted by Gasteiger charge is 2.38. The molecule has 0 unspecified atom stereocenters. The summed E-state index contributed by atoms with van der Waals surface area (Å²) >= 11 is 0. The summed E-state index contributed by atoms with van der Waals surface area (Å²) in [5.41, 5.74) is 2.80. The molecular weight excluding hydrogens is 242 g/mol. The van der Waals surface area contributed by atoms with Crippen LogP contribution in [0.4, 0.5) is 0 Å². The van der Waals surface area contributed by atoms with Gasteiger partial charge in [-0.3, -0.25) is 4.79 Å². The Morgan fingerprint density at radius 3 is 2.84 bits per heavy atom. The summed E-state index contributed by atoms with van der Waals surface area (Å²) in [5, 5.41) is 17.4.